The Hall–Kier alpha value is -2.43. The van der Waals surface area contributed by atoms with E-state index in [0.717, 1.165) is 0 Å². The highest BCUT2D eigenvalue weighted by Crippen LogP contribution is 2.22. The lowest BCUT2D eigenvalue weighted by molar-refractivity contribution is 0.0526. The van der Waals surface area contributed by atoms with Gasteiger partial charge in [0.2, 0.25) is 0 Å². The fraction of sp³-hybridized carbons (Fsp3) is 0.200. The van der Waals surface area contributed by atoms with Gasteiger partial charge >= 0.3 is 5.97 Å². The van der Waals surface area contributed by atoms with Crippen LogP contribution < -0.4 is 4.90 Å². The average Bonchev–Trinajstić information content (AvgIpc) is 2.47. The van der Waals surface area contributed by atoms with Crippen LogP contribution in [0.5, 0.6) is 0 Å². The molecule has 0 atom stereocenters. The molecule has 104 valence electrons. The van der Waals surface area contributed by atoms with E-state index in [9.17, 15) is 9.18 Å². The number of hydrogen-bond donors (Lipinski definition) is 0. The molecule has 5 heteroatoms. The first kappa shape index (κ1) is 14.0. The fourth-order valence-electron chi connectivity index (χ4n) is 1.74. The van der Waals surface area contributed by atoms with Crippen molar-refractivity contribution in [2.24, 2.45) is 0 Å². The van der Waals surface area contributed by atoms with E-state index in [4.69, 9.17) is 4.74 Å². The molecule has 0 saturated heterocycles. The Labute approximate surface area is 116 Å². The second-order valence-corrected chi connectivity index (χ2v) is 4.16. The van der Waals surface area contributed by atoms with E-state index in [2.05, 4.69) is 4.98 Å². The van der Waals surface area contributed by atoms with Crippen molar-refractivity contribution in [2.45, 2.75) is 6.92 Å². The van der Waals surface area contributed by atoms with Gasteiger partial charge in [-0.05, 0) is 37.3 Å². The summed E-state index contributed by atoms with van der Waals surface area (Å²) in [5.74, 6) is -0.0962. The molecule has 0 amide bonds. The number of rotatable bonds is 4. The Morgan fingerprint density at radius 3 is 2.75 bits per heavy atom. The molecule has 0 fully saturated rings. The van der Waals surface area contributed by atoms with E-state index >= 15 is 0 Å². The second-order valence-electron chi connectivity index (χ2n) is 4.16. The molecule has 2 rings (SSSR count). The largest absolute Gasteiger partial charge is 0.462 e. The predicted molar refractivity (Wildman–Crippen MR) is 74.7 cm³/mol. The maximum Gasteiger partial charge on any atom is 0.339 e. The van der Waals surface area contributed by atoms with Crippen LogP contribution in [-0.2, 0) is 4.74 Å². The first-order valence-corrected chi connectivity index (χ1v) is 6.24. The van der Waals surface area contributed by atoms with E-state index in [-0.39, 0.29) is 5.82 Å². The summed E-state index contributed by atoms with van der Waals surface area (Å²) in [7, 11) is 1.78. The number of pyridine rings is 1. The Balaban J connectivity index is 2.19. The number of carbonyl (C=O) groups excluding carboxylic acids is 1. The number of aromatic nitrogens is 1. The van der Waals surface area contributed by atoms with Gasteiger partial charge in [0.25, 0.3) is 0 Å². The lowest BCUT2D eigenvalue weighted by atomic mass is 10.2. The first-order valence-electron chi connectivity index (χ1n) is 6.24. The zero-order valence-corrected chi connectivity index (χ0v) is 11.3. The summed E-state index contributed by atoms with van der Waals surface area (Å²) in [4.78, 5) is 17.4. The number of halogens is 1. The van der Waals surface area contributed by atoms with E-state index in [1.807, 2.05) is 0 Å². The molecule has 0 N–H and O–H groups in total. The summed E-state index contributed by atoms with van der Waals surface area (Å²) in [5, 5.41) is 0. The van der Waals surface area contributed by atoms with Crippen molar-refractivity contribution in [3.05, 3.63) is 54.0 Å². The van der Waals surface area contributed by atoms with Gasteiger partial charge in [-0.3, -0.25) is 0 Å². The van der Waals surface area contributed by atoms with Crippen LogP contribution in [-0.4, -0.2) is 24.6 Å². The minimum absolute atomic E-state index is 0.308. The molecule has 0 saturated carbocycles. The number of ether oxygens (including phenoxy) is 1. The Morgan fingerprint density at radius 1 is 1.35 bits per heavy atom. The van der Waals surface area contributed by atoms with E-state index in [1.54, 1.807) is 43.1 Å². The number of benzene rings is 1. The number of carbonyl (C=O) groups is 1. The van der Waals surface area contributed by atoms with Crippen LogP contribution in [0.25, 0.3) is 0 Å². The molecule has 1 aromatic carbocycles. The zero-order chi connectivity index (χ0) is 14.5. The Bertz CT molecular complexity index is 599. The van der Waals surface area contributed by atoms with E-state index < -0.39 is 5.97 Å². The van der Waals surface area contributed by atoms with Crippen LogP contribution in [0.2, 0.25) is 0 Å². The van der Waals surface area contributed by atoms with Gasteiger partial charge < -0.3 is 9.64 Å². The normalized spacial score (nSPS) is 10.2. The summed E-state index contributed by atoms with van der Waals surface area (Å²) in [5.41, 5.74) is 1.07. The number of anilines is 2. The molecule has 0 bridgehead atoms. The highest BCUT2D eigenvalue weighted by atomic mass is 19.1. The molecule has 0 aliphatic carbocycles. The molecular formula is C15H15FN2O2. The molecule has 0 unspecified atom stereocenters. The average molecular weight is 274 g/mol. The van der Waals surface area contributed by atoms with Crippen molar-refractivity contribution in [3.63, 3.8) is 0 Å². The van der Waals surface area contributed by atoms with Crippen molar-refractivity contribution >= 4 is 17.5 Å². The quantitative estimate of drug-likeness (QED) is 0.803. The second kappa shape index (κ2) is 6.14. The van der Waals surface area contributed by atoms with Gasteiger partial charge in [0.05, 0.1) is 12.2 Å². The van der Waals surface area contributed by atoms with Gasteiger partial charge in [0.15, 0.2) is 0 Å². The topological polar surface area (TPSA) is 42.4 Å². The molecular weight excluding hydrogens is 259 g/mol. The van der Waals surface area contributed by atoms with Crippen molar-refractivity contribution in [2.75, 3.05) is 18.6 Å². The van der Waals surface area contributed by atoms with Crippen LogP contribution in [0, 0.1) is 5.82 Å². The zero-order valence-electron chi connectivity index (χ0n) is 11.3. The van der Waals surface area contributed by atoms with Crippen molar-refractivity contribution in [1.82, 2.24) is 4.98 Å². The SMILES string of the molecule is CCOC(=O)c1ccc(N(C)c2cccc(F)c2)nc1. The number of nitrogens with zero attached hydrogens (tertiary/aromatic N) is 2. The smallest absolute Gasteiger partial charge is 0.339 e. The highest BCUT2D eigenvalue weighted by Gasteiger charge is 2.10. The molecule has 0 spiro atoms. The minimum Gasteiger partial charge on any atom is -0.462 e. The van der Waals surface area contributed by atoms with E-state index in [0.29, 0.717) is 23.7 Å². The molecule has 4 nitrogen and oxygen atoms in total. The Morgan fingerprint density at radius 2 is 2.15 bits per heavy atom. The molecule has 0 aliphatic rings. The van der Waals surface area contributed by atoms with Crippen LogP contribution >= 0.6 is 0 Å². The predicted octanol–water partition coefficient (Wildman–Crippen LogP) is 3.17. The third-order valence-corrected chi connectivity index (χ3v) is 2.80. The summed E-state index contributed by atoms with van der Waals surface area (Å²) < 4.78 is 18.1. The third kappa shape index (κ3) is 3.12. The van der Waals surface area contributed by atoms with Gasteiger partial charge in [-0.15, -0.1) is 0 Å². The Kier molecular flexibility index (Phi) is 4.30. The fourth-order valence-corrected chi connectivity index (χ4v) is 1.74. The molecule has 2 aromatic rings. The molecule has 1 aromatic heterocycles. The van der Waals surface area contributed by atoms with Crippen LogP contribution in [0.1, 0.15) is 17.3 Å². The summed E-state index contributed by atoms with van der Waals surface area (Å²) in [6.45, 7) is 2.07. The van der Waals surface area contributed by atoms with Gasteiger partial charge in [-0.1, -0.05) is 6.07 Å². The number of hydrogen-bond acceptors (Lipinski definition) is 4. The first-order chi connectivity index (χ1) is 9.61. The molecule has 0 radical (unpaired) electrons. The van der Waals surface area contributed by atoms with Gasteiger partial charge in [-0.2, -0.15) is 0 Å². The maximum absolute atomic E-state index is 13.2. The van der Waals surface area contributed by atoms with Crippen molar-refractivity contribution in [1.29, 1.82) is 0 Å². The standard InChI is InChI=1S/C15H15FN2O2/c1-3-20-15(19)11-7-8-14(17-10-11)18(2)13-6-4-5-12(16)9-13/h4-10H,3H2,1-2H3. The monoisotopic (exact) mass is 274 g/mol. The highest BCUT2D eigenvalue weighted by molar-refractivity contribution is 5.89. The van der Waals surface area contributed by atoms with E-state index in [1.165, 1.54) is 18.3 Å². The summed E-state index contributed by atoms with van der Waals surface area (Å²) in [6.07, 6.45) is 1.45. The lowest BCUT2D eigenvalue weighted by Crippen LogP contribution is -2.12. The van der Waals surface area contributed by atoms with Crippen LogP contribution in [0.4, 0.5) is 15.9 Å². The van der Waals surface area contributed by atoms with Crippen LogP contribution in [0.15, 0.2) is 42.6 Å². The molecule has 0 aliphatic heterocycles. The van der Waals surface area contributed by atoms with Gasteiger partial charge in [-0.25, -0.2) is 14.2 Å². The summed E-state index contributed by atoms with van der Waals surface area (Å²) in [6, 6.07) is 9.54. The van der Waals surface area contributed by atoms with Gasteiger partial charge in [0, 0.05) is 18.9 Å². The minimum atomic E-state index is -0.403. The third-order valence-electron chi connectivity index (χ3n) is 2.80. The summed E-state index contributed by atoms with van der Waals surface area (Å²) >= 11 is 0. The van der Waals surface area contributed by atoms with Gasteiger partial charge in [0.1, 0.15) is 11.6 Å². The maximum atomic E-state index is 13.2. The van der Waals surface area contributed by atoms with Crippen molar-refractivity contribution in [3.8, 4) is 0 Å². The molecule has 1 heterocycles. The van der Waals surface area contributed by atoms with Crippen LogP contribution in [0.3, 0.4) is 0 Å². The molecule has 20 heavy (non-hydrogen) atoms. The lowest BCUT2D eigenvalue weighted by Gasteiger charge is -2.18. The van der Waals surface area contributed by atoms with Crippen molar-refractivity contribution < 1.29 is 13.9 Å². The number of esters is 1.